The first-order chi connectivity index (χ1) is 14.9. The summed E-state index contributed by atoms with van der Waals surface area (Å²) in [6.45, 7) is 3.02. The zero-order chi connectivity index (χ0) is 21.6. The van der Waals surface area contributed by atoms with Crippen molar-refractivity contribution in [2.45, 2.75) is 30.3 Å². The molecule has 3 atom stereocenters. The molecule has 0 radical (unpaired) electrons. The van der Waals surface area contributed by atoms with Gasteiger partial charge in [0.1, 0.15) is 0 Å². The van der Waals surface area contributed by atoms with Gasteiger partial charge in [0.2, 0.25) is 0 Å². The molecule has 2 aliphatic heterocycles. The van der Waals surface area contributed by atoms with Crippen molar-refractivity contribution in [3.05, 3.63) is 94.0 Å². The van der Waals surface area contributed by atoms with Crippen molar-refractivity contribution < 1.29 is 13.2 Å². The fourth-order valence-corrected chi connectivity index (χ4v) is 6.83. The van der Waals surface area contributed by atoms with Crippen molar-refractivity contribution in [1.82, 2.24) is 0 Å². The molecule has 0 bridgehead atoms. The summed E-state index contributed by atoms with van der Waals surface area (Å²) in [7, 11) is -3.69. The largest absolute Gasteiger partial charge is 0.373 e. The Morgan fingerprint density at radius 3 is 2.55 bits per heavy atom. The molecule has 0 N–H and O–H groups in total. The van der Waals surface area contributed by atoms with Gasteiger partial charge in [-0.2, -0.15) is 0 Å². The summed E-state index contributed by atoms with van der Waals surface area (Å²) in [4.78, 5) is 0.321. The van der Waals surface area contributed by atoms with Gasteiger partial charge in [0.15, 0.2) is 0 Å². The average molecular weight is 498 g/mol. The number of sulfonamides is 1. The first-order valence-corrected chi connectivity index (χ1v) is 12.7. The van der Waals surface area contributed by atoms with Crippen LogP contribution in [0.4, 0.5) is 5.69 Å². The normalized spacial score (nSPS) is 23.2. The van der Waals surface area contributed by atoms with E-state index in [2.05, 4.69) is 34.1 Å². The fraction of sp³-hybridized carbons (Fsp3) is 0.280. The van der Waals surface area contributed by atoms with Gasteiger partial charge in [-0.25, -0.2) is 8.42 Å². The van der Waals surface area contributed by atoms with Crippen LogP contribution in [-0.4, -0.2) is 21.6 Å². The Morgan fingerprint density at radius 1 is 1.00 bits per heavy atom. The number of halogens is 1. The van der Waals surface area contributed by atoms with E-state index in [1.165, 1.54) is 0 Å². The highest BCUT2D eigenvalue weighted by atomic mass is 79.9. The Morgan fingerprint density at radius 2 is 1.77 bits per heavy atom. The molecular formula is C25H24BrNO3S. The van der Waals surface area contributed by atoms with Crippen LogP contribution >= 0.6 is 15.9 Å². The van der Waals surface area contributed by atoms with Crippen LogP contribution < -0.4 is 4.31 Å². The minimum absolute atomic E-state index is 0.0400. The van der Waals surface area contributed by atoms with Crippen LogP contribution in [0.25, 0.3) is 0 Å². The lowest BCUT2D eigenvalue weighted by atomic mass is 9.74. The third-order valence-corrected chi connectivity index (χ3v) is 8.69. The molecule has 6 heteroatoms. The zero-order valence-electron chi connectivity index (χ0n) is 17.2. The summed E-state index contributed by atoms with van der Waals surface area (Å²) >= 11 is 3.56. The van der Waals surface area contributed by atoms with Gasteiger partial charge in [-0.1, -0.05) is 64.0 Å². The van der Waals surface area contributed by atoms with Crippen LogP contribution in [0.1, 0.15) is 35.1 Å². The van der Waals surface area contributed by atoms with Gasteiger partial charge < -0.3 is 4.74 Å². The SMILES string of the molecule is Cc1ccc(S(=O)(=O)N2CC3C(CCOC3c3cccc(Br)c3)c3ccccc32)cc1. The topological polar surface area (TPSA) is 46.6 Å². The quantitative estimate of drug-likeness (QED) is 0.457. The molecule has 1 fully saturated rings. The van der Waals surface area contributed by atoms with Crippen LogP contribution in [-0.2, 0) is 14.8 Å². The predicted octanol–water partition coefficient (Wildman–Crippen LogP) is 5.83. The van der Waals surface area contributed by atoms with Crippen LogP contribution in [0.3, 0.4) is 0 Å². The molecule has 1 saturated heterocycles. The van der Waals surface area contributed by atoms with E-state index in [-0.39, 0.29) is 17.9 Å². The van der Waals surface area contributed by atoms with Gasteiger partial charge in [-0.15, -0.1) is 0 Å². The first kappa shape index (κ1) is 20.7. The molecule has 0 amide bonds. The summed E-state index contributed by atoms with van der Waals surface area (Å²) in [5, 5.41) is 0. The van der Waals surface area contributed by atoms with Gasteiger partial charge in [-0.05, 0) is 60.7 Å². The Labute approximate surface area is 192 Å². The van der Waals surface area contributed by atoms with Crippen molar-refractivity contribution in [1.29, 1.82) is 0 Å². The standard InChI is InChI=1S/C25H24BrNO3S/c1-17-9-11-20(12-10-17)31(28,29)27-16-23-21(22-7-2-3-8-24(22)27)13-14-30-25(23)18-5-4-6-19(26)15-18/h2-12,15,21,23,25H,13-14,16H2,1H3. The van der Waals surface area contributed by atoms with Crippen LogP contribution in [0, 0.1) is 12.8 Å². The number of aryl methyl sites for hydroxylation is 1. The van der Waals surface area contributed by atoms with E-state index in [9.17, 15) is 8.42 Å². The minimum atomic E-state index is -3.69. The average Bonchev–Trinajstić information content (AvgIpc) is 2.78. The van der Waals surface area contributed by atoms with Crippen LogP contribution in [0.5, 0.6) is 0 Å². The second-order valence-electron chi connectivity index (χ2n) is 8.31. The Balaban J connectivity index is 1.61. The van der Waals surface area contributed by atoms with Crippen molar-refractivity contribution in [2.24, 2.45) is 5.92 Å². The molecule has 0 spiro atoms. The van der Waals surface area contributed by atoms with E-state index in [1.807, 2.05) is 49.4 Å². The Hall–Kier alpha value is -2.15. The Kier molecular flexibility index (Phi) is 5.40. The molecule has 3 unspecified atom stereocenters. The van der Waals surface area contributed by atoms with Crippen molar-refractivity contribution >= 4 is 31.6 Å². The number of ether oxygens (including phenoxy) is 1. The lowest BCUT2D eigenvalue weighted by molar-refractivity contribution is -0.0384. The number of para-hydroxylation sites is 1. The second kappa shape index (κ2) is 8.08. The fourth-order valence-electron chi connectivity index (χ4n) is 4.89. The third kappa shape index (κ3) is 3.71. The molecule has 31 heavy (non-hydrogen) atoms. The molecule has 2 heterocycles. The molecule has 4 nitrogen and oxygen atoms in total. The van der Waals surface area contributed by atoms with Gasteiger partial charge in [-0.3, -0.25) is 4.31 Å². The summed E-state index contributed by atoms with van der Waals surface area (Å²) in [5.41, 5.74) is 4.00. The number of rotatable bonds is 3. The maximum Gasteiger partial charge on any atom is 0.264 e. The number of hydrogen-bond donors (Lipinski definition) is 0. The van der Waals surface area contributed by atoms with Gasteiger partial charge >= 0.3 is 0 Å². The lowest BCUT2D eigenvalue weighted by Gasteiger charge is -2.46. The molecule has 3 aromatic carbocycles. The smallest absolute Gasteiger partial charge is 0.264 e. The van der Waals surface area contributed by atoms with Crippen molar-refractivity contribution in [3.63, 3.8) is 0 Å². The number of nitrogens with zero attached hydrogens (tertiary/aromatic N) is 1. The lowest BCUT2D eigenvalue weighted by Crippen LogP contribution is -2.46. The highest BCUT2D eigenvalue weighted by Crippen LogP contribution is 2.50. The van der Waals surface area contributed by atoms with Crippen LogP contribution in [0.2, 0.25) is 0 Å². The Bertz CT molecular complexity index is 1210. The number of hydrogen-bond acceptors (Lipinski definition) is 3. The van der Waals surface area contributed by atoms with Crippen molar-refractivity contribution in [2.75, 3.05) is 17.5 Å². The van der Waals surface area contributed by atoms with E-state index in [1.54, 1.807) is 16.4 Å². The molecule has 0 aliphatic carbocycles. The summed E-state index contributed by atoms with van der Waals surface area (Å²) in [6.07, 6.45) is 0.741. The number of fused-ring (bicyclic) bond motifs is 3. The maximum atomic E-state index is 13.7. The van der Waals surface area contributed by atoms with E-state index in [0.29, 0.717) is 18.0 Å². The minimum Gasteiger partial charge on any atom is -0.373 e. The highest BCUT2D eigenvalue weighted by Gasteiger charge is 2.44. The predicted molar refractivity (Wildman–Crippen MR) is 126 cm³/mol. The van der Waals surface area contributed by atoms with Gasteiger partial charge in [0.05, 0.1) is 16.7 Å². The van der Waals surface area contributed by atoms with Crippen molar-refractivity contribution in [3.8, 4) is 0 Å². The zero-order valence-corrected chi connectivity index (χ0v) is 19.6. The molecule has 2 aliphatic rings. The van der Waals surface area contributed by atoms with E-state index >= 15 is 0 Å². The maximum absolute atomic E-state index is 13.7. The number of anilines is 1. The third-order valence-electron chi connectivity index (χ3n) is 6.40. The number of benzene rings is 3. The molecule has 0 aromatic heterocycles. The summed E-state index contributed by atoms with van der Waals surface area (Å²) in [6, 6.07) is 23.2. The molecular weight excluding hydrogens is 474 g/mol. The molecule has 5 rings (SSSR count). The first-order valence-electron chi connectivity index (χ1n) is 10.5. The van der Waals surface area contributed by atoms with Gasteiger partial charge in [0.25, 0.3) is 10.0 Å². The van der Waals surface area contributed by atoms with E-state index in [4.69, 9.17) is 4.74 Å². The van der Waals surface area contributed by atoms with Gasteiger partial charge in [0, 0.05) is 23.5 Å². The van der Waals surface area contributed by atoms with E-state index in [0.717, 1.165) is 33.3 Å². The molecule has 160 valence electrons. The molecule has 3 aromatic rings. The van der Waals surface area contributed by atoms with Crippen LogP contribution in [0.15, 0.2) is 82.2 Å². The monoisotopic (exact) mass is 497 g/mol. The highest BCUT2D eigenvalue weighted by molar-refractivity contribution is 9.10. The summed E-state index contributed by atoms with van der Waals surface area (Å²) in [5.74, 6) is 0.302. The second-order valence-corrected chi connectivity index (χ2v) is 11.1. The van der Waals surface area contributed by atoms with E-state index < -0.39 is 10.0 Å². The molecule has 0 saturated carbocycles. The summed E-state index contributed by atoms with van der Waals surface area (Å²) < 4.78 is 36.3.